The second-order valence-corrected chi connectivity index (χ2v) is 12.3. The fraction of sp³-hybridized carbons (Fsp3) is 0.394. The van der Waals surface area contributed by atoms with E-state index in [1.807, 2.05) is 19.9 Å². The number of hydrogen-bond acceptors (Lipinski definition) is 7. The Kier molecular flexibility index (Phi) is 8.23. The summed E-state index contributed by atoms with van der Waals surface area (Å²) in [5, 5.41) is 0. The lowest BCUT2D eigenvalue weighted by Crippen LogP contribution is -2.39. The molecule has 3 aliphatic rings. The van der Waals surface area contributed by atoms with Crippen LogP contribution < -0.4 is 8.92 Å². The molecule has 2 aromatic rings. The van der Waals surface area contributed by atoms with E-state index in [-0.39, 0.29) is 34.6 Å². The molecule has 41 heavy (non-hydrogen) atoms. The lowest BCUT2D eigenvalue weighted by atomic mass is 9.70. The van der Waals surface area contributed by atoms with Crippen molar-refractivity contribution in [2.75, 3.05) is 13.2 Å². The van der Waals surface area contributed by atoms with Crippen LogP contribution in [0.25, 0.3) is 0 Å². The highest BCUT2D eigenvalue weighted by Gasteiger charge is 2.43. The summed E-state index contributed by atoms with van der Waals surface area (Å²) in [4.78, 5) is 29.3. The maximum atomic E-state index is 13.5. The minimum absolute atomic E-state index is 0.0383. The van der Waals surface area contributed by atoms with Gasteiger partial charge < -0.3 is 13.8 Å². The molecule has 2 aliphatic carbocycles. The first-order valence-corrected chi connectivity index (χ1v) is 15.8. The van der Waals surface area contributed by atoms with Gasteiger partial charge in [-0.05, 0) is 76.6 Å². The number of hydrogen-bond donors (Lipinski definition) is 0. The fourth-order valence-corrected chi connectivity index (χ4v) is 7.28. The Balaban J connectivity index is 1.70. The molecule has 8 heteroatoms. The average molecular weight is 576 g/mol. The fourth-order valence-electron chi connectivity index (χ4n) is 6.31. The van der Waals surface area contributed by atoms with Crippen LogP contribution in [0.1, 0.15) is 75.0 Å². The number of allylic oxidation sites excluding steroid dienone is 5. The van der Waals surface area contributed by atoms with Crippen molar-refractivity contribution >= 4 is 21.7 Å². The summed E-state index contributed by atoms with van der Waals surface area (Å²) in [6.07, 6.45) is 6.00. The SMILES string of the molecule is C=CCc1cc(C2C3=C(CCCC3=O)N(CC)C3=C2C(=O)CCC3)cc(OCC)c1OS(=O)(=O)c1ccc(C)cc1. The van der Waals surface area contributed by atoms with E-state index in [0.29, 0.717) is 42.5 Å². The Morgan fingerprint density at radius 2 is 1.56 bits per heavy atom. The first-order valence-electron chi connectivity index (χ1n) is 14.4. The number of carbonyl (C=O) groups excluding carboxylic acids is 2. The third-order valence-corrected chi connectivity index (χ3v) is 9.29. The molecule has 216 valence electrons. The maximum Gasteiger partial charge on any atom is 0.339 e. The summed E-state index contributed by atoms with van der Waals surface area (Å²) in [6, 6.07) is 10.1. The third-order valence-electron chi connectivity index (χ3n) is 8.06. The van der Waals surface area contributed by atoms with Gasteiger partial charge in [-0.15, -0.1) is 6.58 Å². The molecule has 1 aliphatic heterocycles. The van der Waals surface area contributed by atoms with Crippen LogP contribution >= 0.6 is 0 Å². The van der Waals surface area contributed by atoms with E-state index in [9.17, 15) is 18.0 Å². The Morgan fingerprint density at radius 1 is 0.951 bits per heavy atom. The van der Waals surface area contributed by atoms with Crippen molar-refractivity contribution in [1.29, 1.82) is 0 Å². The number of Topliss-reactive ketones (excluding diaryl/α,β-unsaturated/α-hetero) is 2. The molecule has 0 saturated carbocycles. The maximum absolute atomic E-state index is 13.5. The number of benzene rings is 2. The normalized spacial score (nSPS) is 17.9. The summed E-state index contributed by atoms with van der Waals surface area (Å²) < 4.78 is 38.4. The Hall–Kier alpha value is -3.65. The van der Waals surface area contributed by atoms with Gasteiger partial charge in [0, 0.05) is 53.4 Å². The van der Waals surface area contributed by atoms with E-state index in [0.717, 1.165) is 48.2 Å². The number of rotatable bonds is 9. The zero-order chi connectivity index (χ0) is 29.3. The zero-order valence-corrected chi connectivity index (χ0v) is 24.8. The summed E-state index contributed by atoms with van der Waals surface area (Å²) in [5.74, 6) is -0.0640. The molecular formula is C33H37NO6S. The van der Waals surface area contributed by atoms with E-state index in [2.05, 4.69) is 18.4 Å². The number of ether oxygens (including phenoxy) is 1. The van der Waals surface area contributed by atoms with Crippen LogP contribution in [0.15, 0.2) is 76.5 Å². The second kappa shape index (κ2) is 11.7. The van der Waals surface area contributed by atoms with Crippen LogP contribution in [0.5, 0.6) is 11.5 Å². The standard InChI is InChI=1S/C33H37NO6S/c1-5-10-22-19-23(20-29(39-7-3)33(22)40-41(37,38)24-17-15-21(4)16-18-24)30-31-25(11-8-13-27(31)35)34(6-2)26-12-9-14-28(36)32(26)30/h5,15-20,30H,1,6-14H2,2-4H3. The zero-order valence-electron chi connectivity index (χ0n) is 24.0. The van der Waals surface area contributed by atoms with Crippen molar-refractivity contribution in [1.82, 2.24) is 4.90 Å². The minimum atomic E-state index is -4.16. The van der Waals surface area contributed by atoms with Crippen molar-refractivity contribution in [2.24, 2.45) is 0 Å². The molecule has 0 amide bonds. The predicted octanol–water partition coefficient (Wildman–Crippen LogP) is 6.32. The van der Waals surface area contributed by atoms with Gasteiger partial charge in [-0.25, -0.2) is 0 Å². The summed E-state index contributed by atoms with van der Waals surface area (Å²) in [7, 11) is -4.16. The summed E-state index contributed by atoms with van der Waals surface area (Å²) >= 11 is 0. The number of nitrogens with zero attached hydrogens (tertiary/aromatic N) is 1. The molecule has 0 aromatic heterocycles. The molecule has 0 bridgehead atoms. The molecule has 1 heterocycles. The van der Waals surface area contributed by atoms with E-state index in [4.69, 9.17) is 8.92 Å². The molecule has 5 rings (SSSR count). The number of ketones is 2. The van der Waals surface area contributed by atoms with Crippen LogP contribution in [-0.4, -0.2) is 38.0 Å². The van der Waals surface area contributed by atoms with Gasteiger partial charge in [0.15, 0.2) is 23.1 Å². The second-order valence-electron chi connectivity index (χ2n) is 10.7. The van der Waals surface area contributed by atoms with E-state index in [1.54, 1.807) is 24.3 Å². The molecule has 0 N–H and O–H groups in total. The Bertz CT molecular complexity index is 1520. The highest BCUT2D eigenvalue weighted by Crippen LogP contribution is 2.50. The van der Waals surface area contributed by atoms with Crippen LogP contribution in [0.2, 0.25) is 0 Å². The first kappa shape index (κ1) is 28.9. The largest absolute Gasteiger partial charge is 0.490 e. The topological polar surface area (TPSA) is 90.0 Å². The van der Waals surface area contributed by atoms with Crippen LogP contribution in [0.3, 0.4) is 0 Å². The summed E-state index contributed by atoms with van der Waals surface area (Å²) in [5.41, 5.74) is 5.60. The lowest BCUT2D eigenvalue weighted by molar-refractivity contribution is -0.117. The van der Waals surface area contributed by atoms with Crippen LogP contribution in [0, 0.1) is 6.92 Å². The molecule has 0 fully saturated rings. The molecule has 0 saturated heterocycles. The average Bonchev–Trinajstić information content (AvgIpc) is 2.94. The molecule has 0 unspecified atom stereocenters. The molecular weight excluding hydrogens is 538 g/mol. The van der Waals surface area contributed by atoms with Crippen molar-refractivity contribution < 1.29 is 26.9 Å². The van der Waals surface area contributed by atoms with Gasteiger partial charge in [-0.1, -0.05) is 29.8 Å². The Labute approximate surface area is 242 Å². The number of carbonyl (C=O) groups is 2. The molecule has 0 atom stereocenters. The molecule has 2 aromatic carbocycles. The van der Waals surface area contributed by atoms with Gasteiger partial charge in [0.1, 0.15) is 4.90 Å². The van der Waals surface area contributed by atoms with Crippen molar-refractivity contribution in [3.63, 3.8) is 0 Å². The van der Waals surface area contributed by atoms with Gasteiger partial charge >= 0.3 is 10.1 Å². The van der Waals surface area contributed by atoms with Gasteiger partial charge in [0.25, 0.3) is 0 Å². The summed E-state index contributed by atoms with van der Waals surface area (Å²) in [6.45, 7) is 10.6. The molecule has 0 radical (unpaired) electrons. The van der Waals surface area contributed by atoms with Crippen LogP contribution in [-0.2, 0) is 26.1 Å². The first-order chi connectivity index (χ1) is 19.7. The van der Waals surface area contributed by atoms with Gasteiger partial charge in [0.2, 0.25) is 0 Å². The minimum Gasteiger partial charge on any atom is -0.490 e. The van der Waals surface area contributed by atoms with Gasteiger partial charge in [-0.2, -0.15) is 8.42 Å². The molecule has 7 nitrogen and oxygen atoms in total. The Morgan fingerprint density at radius 3 is 2.10 bits per heavy atom. The predicted molar refractivity (Wildman–Crippen MR) is 157 cm³/mol. The third kappa shape index (κ3) is 5.37. The highest BCUT2D eigenvalue weighted by atomic mass is 32.2. The smallest absolute Gasteiger partial charge is 0.339 e. The van der Waals surface area contributed by atoms with Crippen LogP contribution in [0.4, 0.5) is 0 Å². The highest BCUT2D eigenvalue weighted by molar-refractivity contribution is 7.87. The van der Waals surface area contributed by atoms with E-state index in [1.165, 1.54) is 12.1 Å². The van der Waals surface area contributed by atoms with Crippen molar-refractivity contribution in [3.05, 3.63) is 88.3 Å². The van der Waals surface area contributed by atoms with Gasteiger partial charge in [0.05, 0.1) is 6.61 Å². The lowest BCUT2D eigenvalue weighted by Gasteiger charge is -2.43. The number of aryl methyl sites for hydroxylation is 1. The quantitative estimate of drug-likeness (QED) is 0.255. The monoisotopic (exact) mass is 575 g/mol. The van der Waals surface area contributed by atoms with Gasteiger partial charge in [-0.3, -0.25) is 9.59 Å². The van der Waals surface area contributed by atoms with Crippen molar-refractivity contribution in [2.45, 2.75) is 76.5 Å². The van der Waals surface area contributed by atoms with Crippen molar-refractivity contribution in [3.8, 4) is 11.5 Å². The van der Waals surface area contributed by atoms with E-state index >= 15 is 0 Å². The van der Waals surface area contributed by atoms with E-state index < -0.39 is 16.0 Å². The molecule has 0 spiro atoms.